The summed E-state index contributed by atoms with van der Waals surface area (Å²) < 4.78 is 0. The highest BCUT2D eigenvalue weighted by molar-refractivity contribution is 5.84. The number of hydrogen-bond acceptors (Lipinski definition) is 6. The summed E-state index contributed by atoms with van der Waals surface area (Å²) in [5.41, 5.74) is 12.6. The van der Waals surface area contributed by atoms with Crippen LogP contribution >= 0.6 is 0 Å². The molecule has 0 spiro atoms. The Kier molecular flexibility index (Phi) is 8.37. The minimum atomic E-state index is -0.0838. The van der Waals surface area contributed by atoms with Gasteiger partial charge >= 0.3 is 0 Å². The van der Waals surface area contributed by atoms with Gasteiger partial charge in [0.05, 0.1) is 0 Å². The van der Waals surface area contributed by atoms with Crippen molar-refractivity contribution in [1.29, 1.82) is 0 Å². The topological polar surface area (TPSA) is 77.3 Å². The van der Waals surface area contributed by atoms with E-state index in [0.29, 0.717) is 34.9 Å². The van der Waals surface area contributed by atoms with Gasteiger partial charge in [0, 0.05) is 38.8 Å². The van der Waals surface area contributed by atoms with E-state index in [0.717, 1.165) is 44.5 Å². The maximum atomic E-state index is 5.14. The first-order valence-corrected chi connectivity index (χ1v) is 19.1. The van der Waals surface area contributed by atoms with Crippen molar-refractivity contribution < 1.29 is 0 Å². The molecule has 2 heterocycles. The summed E-state index contributed by atoms with van der Waals surface area (Å²) in [6.45, 7) is 4.59. The number of hydrogen-bond donors (Lipinski definition) is 0. The Bertz CT molecular complexity index is 2870. The summed E-state index contributed by atoms with van der Waals surface area (Å²) in [6, 6.07) is 62.2. The first-order valence-electron chi connectivity index (χ1n) is 19.1. The molecule has 0 unspecified atom stereocenters. The highest BCUT2D eigenvalue weighted by Crippen LogP contribution is 2.49. The van der Waals surface area contributed by atoms with Crippen molar-refractivity contribution in [2.45, 2.75) is 19.3 Å². The fourth-order valence-electron chi connectivity index (χ4n) is 7.82. The average molecular weight is 733 g/mol. The smallest absolute Gasteiger partial charge is 0.164 e. The molecule has 1 aliphatic carbocycles. The molecule has 0 saturated heterocycles. The summed E-state index contributed by atoms with van der Waals surface area (Å²) in [4.78, 5) is 30.1. The Morgan fingerprint density at radius 2 is 0.596 bits per heavy atom. The van der Waals surface area contributed by atoms with Crippen LogP contribution in [0.5, 0.6) is 0 Å². The first-order chi connectivity index (χ1) is 28.0. The van der Waals surface area contributed by atoms with Crippen molar-refractivity contribution in [1.82, 2.24) is 29.9 Å². The van der Waals surface area contributed by atoms with Crippen LogP contribution < -0.4 is 0 Å². The molecule has 2 aromatic heterocycles. The normalized spacial score (nSPS) is 12.5. The van der Waals surface area contributed by atoms with E-state index in [9.17, 15) is 0 Å². The van der Waals surface area contributed by atoms with Crippen LogP contribution in [0, 0.1) is 0 Å². The van der Waals surface area contributed by atoms with E-state index in [-0.39, 0.29) is 5.41 Å². The number of benzene rings is 7. The zero-order chi connectivity index (χ0) is 38.3. The van der Waals surface area contributed by atoms with Crippen LogP contribution in [0.3, 0.4) is 0 Å². The van der Waals surface area contributed by atoms with E-state index in [4.69, 9.17) is 29.9 Å². The molecule has 0 saturated carbocycles. The second kappa shape index (κ2) is 14.0. The van der Waals surface area contributed by atoms with Gasteiger partial charge in [0.2, 0.25) is 0 Å². The summed E-state index contributed by atoms with van der Waals surface area (Å²) in [5.74, 6) is 3.73. The van der Waals surface area contributed by atoms with Gasteiger partial charge in [-0.15, -0.1) is 0 Å². The summed E-state index contributed by atoms with van der Waals surface area (Å²) >= 11 is 0. The molecule has 0 radical (unpaired) electrons. The molecule has 0 aliphatic heterocycles. The van der Waals surface area contributed by atoms with E-state index < -0.39 is 0 Å². The van der Waals surface area contributed by atoms with Gasteiger partial charge in [-0.1, -0.05) is 178 Å². The van der Waals surface area contributed by atoms with Gasteiger partial charge in [-0.2, -0.15) is 0 Å². The van der Waals surface area contributed by atoms with E-state index in [1.807, 2.05) is 103 Å². The lowest BCUT2D eigenvalue weighted by Crippen LogP contribution is -2.14. The molecule has 0 fully saturated rings. The highest BCUT2D eigenvalue weighted by atomic mass is 15.0. The largest absolute Gasteiger partial charge is 0.208 e. The fourth-order valence-corrected chi connectivity index (χ4v) is 7.82. The van der Waals surface area contributed by atoms with Crippen LogP contribution in [-0.2, 0) is 5.41 Å². The molecule has 0 amide bonds. The second-order valence-electron chi connectivity index (χ2n) is 14.8. The van der Waals surface area contributed by atoms with Crippen LogP contribution in [0.1, 0.15) is 25.0 Å². The van der Waals surface area contributed by atoms with Crippen LogP contribution in [0.2, 0.25) is 0 Å². The molecule has 1 aliphatic rings. The van der Waals surface area contributed by atoms with E-state index in [1.165, 1.54) is 22.3 Å². The maximum Gasteiger partial charge on any atom is 0.164 e. The molecule has 270 valence electrons. The molecule has 0 bridgehead atoms. The lowest BCUT2D eigenvalue weighted by atomic mass is 9.82. The van der Waals surface area contributed by atoms with Crippen molar-refractivity contribution in [3.05, 3.63) is 193 Å². The minimum Gasteiger partial charge on any atom is -0.208 e. The van der Waals surface area contributed by atoms with Crippen LogP contribution in [0.15, 0.2) is 182 Å². The van der Waals surface area contributed by atoms with E-state index in [1.54, 1.807) is 0 Å². The molecule has 9 aromatic rings. The third kappa shape index (κ3) is 6.37. The lowest BCUT2D eigenvalue weighted by Gasteiger charge is -2.21. The van der Waals surface area contributed by atoms with E-state index in [2.05, 4.69) is 92.7 Å². The van der Waals surface area contributed by atoms with E-state index >= 15 is 0 Å². The Balaban J connectivity index is 1.06. The van der Waals surface area contributed by atoms with Gasteiger partial charge in [0.15, 0.2) is 34.9 Å². The van der Waals surface area contributed by atoms with Gasteiger partial charge in [-0.05, 0) is 51.6 Å². The Hall–Kier alpha value is -7.44. The van der Waals surface area contributed by atoms with Gasteiger partial charge in [-0.3, -0.25) is 0 Å². The highest BCUT2D eigenvalue weighted by Gasteiger charge is 2.35. The molecule has 6 nitrogen and oxygen atoms in total. The molecule has 6 heteroatoms. The van der Waals surface area contributed by atoms with Crippen molar-refractivity contribution in [2.75, 3.05) is 0 Å². The fraction of sp³-hybridized carbons (Fsp3) is 0.0588. The molecular weight excluding hydrogens is 697 g/mol. The first kappa shape index (κ1) is 34.1. The zero-order valence-corrected chi connectivity index (χ0v) is 31.5. The van der Waals surface area contributed by atoms with Gasteiger partial charge in [0.1, 0.15) is 0 Å². The molecule has 7 aromatic carbocycles. The minimum absolute atomic E-state index is 0.0838. The summed E-state index contributed by atoms with van der Waals surface area (Å²) in [5, 5.41) is 0. The zero-order valence-electron chi connectivity index (χ0n) is 31.5. The Morgan fingerprint density at radius 1 is 0.263 bits per heavy atom. The third-order valence-electron chi connectivity index (χ3n) is 10.8. The Morgan fingerprint density at radius 3 is 1.05 bits per heavy atom. The van der Waals surface area contributed by atoms with Crippen LogP contribution in [-0.4, -0.2) is 29.9 Å². The summed E-state index contributed by atoms with van der Waals surface area (Å²) in [6.07, 6.45) is 0. The molecule has 0 N–H and O–H groups in total. The van der Waals surface area contributed by atoms with Crippen LogP contribution in [0.4, 0.5) is 0 Å². The molecule has 0 atom stereocenters. The van der Waals surface area contributed by atoms with Gasteiger partial charge < -0.3 is 0 Å². The average Bonchev–Trinajstić information content (AvgIpc) is 3.52. The van der Waals surface area contributed by atoms with Gasteiger partial charge in [-0.25, -0.2) is 29.9 Å². The maximum absolute atomic E-state index is 5.14. The van der Waals surface area contributed by atoms with Gasteiger partial charge in [0.25, 0.3) is 0 Å². The second-order valence-corrected chi connectivity index (χ2v) is 14.8. The van der Waals surface area contributed by atoms with Crippen molar-refractivity contribution in [2.24, 2.45) is 0 Å². The number of nitrogens with zero attached hydrogens (tertiary/aromatic N) is 6. The molecule has 10 rings (SSSR count). The van der Waals surface area contributed by atoms with Crippen molar-refractivity contribution in [3.8, 4) is 90.6 Å². The number of rotatable bonds is 7. The van der Waals surface area contributed by atoms with Crippen LogP contribution in [0.25, 0.3) is 90.6 Å². The standard InChI is InChI=1S/C51H36N6/c1-51(2)43-27-13-12-26-41(43)42-32-40(28-29-44(42)51)50-56-47(35-20-10-5-11-21-35)55-49(57-50)39-25-15-23-37(31-39)36-22-14-24-38(30-36)48-53-45(33-16-6-3-7-17-33)52-46(54-48)34-18-8-4-9-19-34/h3-32H,1-2H3. The monoisotopic (exact) mass is 732 g/mol. The number of aromatic nitrogens is 6. The SMILES string of the molecule is CC1(C)c2ccccc2-c2cc(-c3nc(-c4ccccc4)nc(-c4cccc(-c5cccc(-c6nc(-c7ccccc7)nc(-c7ccccc7)n6)c5)c4)n3)ccc21. The Labute approximate surface area is 331 Å². The quantitative estimate of drug-likeness (QED) is 0.162. The predicted molar refractivity (Wildman–Crippen MR) is 229 cm³/mol. The predicted octanol–water partition coefficient (Wildman–Crippen LogP) is 12.0. The lowest BCUT2D eigenvalue weighted by molar-refractivity contribution is 0.660. The van der Waals surface area contributed by atoms with Crippen molar-refractivity contribution >= 4 is 0 Å². The van der Waals surface area contributed by atoms with Crippen molar-refractivity contribution in [3.63, 3.8) is 0 Å². The summed E-state index contributed by atoms with van der Waals surface area (Å²) in [7, 11) is 0. The number of fused-ring (bicyclic) bond motifs is 3. The third-order valence-corrected chi connectivity index (χ3v) is 10.8. The molecule has 57 heavy (non-hydrogen) atoms. The molecular formula is C51H36N6.